The number of hydrogen-bond donors (Lipinski definition) is 0. The summed E-state index contributed by atoms with van der Waals surface area (Å²) in [4.78, 5) is 0. The van der Waals surface area contributed by atoms with Crippen molar-refractivity contribution >= 4 is 27.7 Å². The van der Waals surface area contributed by atoms with E-state index in [0.717, 1.165) is 21.8 Å². The fourth-order valence-electron chi connectivity index (χ4n) is 1.36. The number of rotatable bonds is 4. The summed E-state index contributed by atoms with van der Waals surface area (Å²) in [5, 5.41) is 8.84. The topological polar surface area (TPSA) is 30.7 Å². The van der Waals surface area contributed by atoms with Gasteiger partial charge in [0, 0.05) is 17.3 Å². The minimum atomic E-state index is 0.968. The van der Waals surface area contributed by atoms with Crippen molar-refractivity contribution in [2.75, 3.05) is 5.75 Å². The minimum Gasteiger partial charge on any atom is -0.312 e. The molecule has 1 aromatic carbocycles. The van der Waals surface area contributed by atoms with Crippen LogP contribution >= 0.6 is 27.7 Å². The molecule has 0 spiro atoms. The molecule has 2 rings (SSSR count). The van der Waals surface area contributed by atoms with Crippen LogP contribution in [0.15, 0.2) is 40.2 Å². The SMILES string of the molecule is Cn1cnnc1SCCc1cccc(Br)c1. The monoisotopic (exact) mass is 297 g/mol. The van der Waals surface area contributed by atoms with Gasteiger partial charge >= 0.3 is 0 Å². The fraction of sp³-hybridized carbons (Fsp3) is 0.273. The van der Waals surface area contributed by atoms with E-state index in [4.69, 9.17) is 0 Å². The first kappa shape index (κ1) is 11.7. The lowest BCUT2D eigenvalue weighted by atomic mass is 10.2. The Morgan fingerprint density at radius 1 is 1.44 bits per heavy atom. The molecule has 0 saturated carbocycles. The van der Waals surface area contributed by atoms with Gasteiger partial charge in [-0.1, -0.05) is 39.8 Å². The average Bonchev–Trinajstić information content (AvgIpc) is 2.65. The van der Waals surface area contributed by atoms with Gasteiger partial charge in [0.2, 0.25) is 0 Å². The lowest BCUT2D eigenvalue weighted by Gasteiger charge is -2.01. The summed E-state index contributed by atoms with van der Waals surface area (Å²) in [5.41, 5.74) is 1.34. The number of aryl methyl sites for hydroxylation is 2. The molecule has 0 N–H and O–H groups in total. The fourth-order valence-corrected chi connectivity index (χ4v) is 2.68. The van der Waals surface area contributed by atoms with Crippen LogP contribution in [-0.4, -0.2) is 20.5 Å². The summed E-state index contributed by atoms with van der Waals surface area (Å²) in [6.45, 7) is 0. The van der Waals surface area contributed by atoms with Crippen molar-refractivity contribution in [3.63, 3.8) is 0 Å². The Bertz CT molecular complexity index is 470. The lowest BCUT2D eigenvalue weighted by molar-refractivity contribution is 0.788. The summed E-state index contributed by atoms with van der Waals surface area (Å²) < 4.78 is 3.07. The van der Waals surface area contributed by atoms with Crippen molar-refractivity contribution < 1.29 is 0 Å². The van der Waals surface area contributed by atoms with Gasteiger partial charge in [-0.2, -0.15) is 0 Å². The molecule has 0 aliphatic rings. The highest BCUT2D eigenvalue weighted by molar-refractivity contribution is 9.10. The van der Waals surface area contributed by atoms with E-state index in [1.165, 1.54) is 5.56 Å². The number of benzene rings is 1. The zero-order valence-electron chi connectivity index (χ0n) is 8.93. The van der Waals surface area contributed by atoms with E-state index in [1.807, 2.05) is 17.7 Å². The van der Waals surface area contributed by atoms with Crippen LogP contribution in [0.3, 0.4) is 0 Å². The normalized spacial score (nSPS) is 10.6. The van der Waals surface area contributed by atoms with Crippen LogP contribution in [0.5, 0.6) is 0 Å². The second-order valence-electron chi connectivity index (χ2n) is 3.45. The molecule has 0 bridgehead atoms. The van der Waals surface area contributed by atoms with E-state index < -0.39 is 0 Å². The number of hydrogen-bond acceptors (Lipinski definition) is 3. The largest absolute Gasteiger partial charge is 0.312 e. The van der Waals surface area contributed by atoms with Crippen molar-refractivity contribution in [3.05, 3.63) is 40.6 Å². The molecule has 1 aromatic heterocycles. The summed E-state index contributed by atoms with van der Waals surface area (Å²) in [5.74, 6) is 1.02. The molecule has 3 nitrogen and oxygen atoms in total. The Hall–Kier alpha value is -0.810. The highest BCUT2D eigenvalue weighted by atomic mass is 79.9. The quantitative estimate of drug-likeness (QED) is 0.813. The standard InChI is InChI=1S/C11H12BrN3S/c1-15-8-13-14-11(15)16-6-5-9-3-2-4-10(12)7-9/h2-4,7-8H,5-6H2,1H3. The van der Waals surface area contributed by atoms with Crippen molar-refractivity contribution in [2.45, 2.75) is 11.6 Å². The Labute approximate surface area is 107 Å². The van der Waals surface area contributed by atoms with Gasteiger partial charge in [-0.05, 0) is 24.1 Å². The van der Waals surface area contributed by atoms with Crippen LogP contribution in [0.2, 0.25) is 0 Å². The van der Waals surface area contributed by atoms with Crippen molar-refractivity contribution in [2.24, 2.45) is 7.05 Å². The summed E-state index contributed by atoms with van der Waals surface area (Å²) >= 11 is 5.20. The zero-order valence-corrected chi connectivity index (χ0v) is 11.3. The van der Waals surface area contributed by atoms with Gasteiger partial charge in [-0.25, -0.2) is 0 Å². The van der Waals surface area contributed by atoms with Crippen LogP contribution in [0, 0.1) is 0 Å². The maximum atomic E-state index is 4.03. The number of aromatic nitrogens is 3. The number of thioether (sulfide) groups is 1. The molecule has 0 radical (unpaired) electrons. The molecule has 84 valence electrons. The highest BCUT2D eigenvalue weighted by Crippen LogP contribution is 2.17. The van der Waals surface area contributed by atoms with E-state index >= 15 is 0 Å². The second-order valence-corrected chi connectivity index (χ2v) is 5.43. The number of halogens is 1. The molecule has 0 aliphatic carbocycles. The third-order valence-corrected chi connectivity index (χ3v) is 3.71. The Morgan fingerprint density at radius 3 is 3.00 bits per heavy atom. The van der Waals surface area contributed by atoms with Gasteiger partial charge in [-0.3, -0.25) is 0 Å². The summed E-state index contributed by atoms with van der Waals surface area (Å²) in [7, 11) is 1.96. The van der Waals surface area contributed by atoms with E-state index in [2.05, 4.69) is 44.3 Å². The molecule has 2 aromatic rings. The summed E-state index contributed by atoms with van der Waals surface area (Å²) in [6.07, 6.45) is 2.76. The summed E-state index contributed by atoms with van der Waals surface area (Å²) in [6, 6.07) is 8.39. The van der Waals surface area contributed by atoms with Gasteiger partial charge in [0.15, 0.2) is 5.16 Å². The first-order chi connectivity index (χ1) is 7.75. The molecule has 16 heavy (non-hydrogen) atoms. The first-order valence-electron chi connectivity index (χ1n) is 4.97. The van der Waals surface area contributed by atoms with E-state index in [0.29, 0.717) is 0 Å². The molecule has 0 fully saturated rings. The molecule has 0 atom stereocenters. The molecule has 0 saturated heterocycles. The van der Waals surface area contributed by atoms with Crippen LogP contribution in [0.4, 0.5) is 0 Å². The molecule has 0 amide bonds. The van der Waals surface area contributed by atoms with Gasteiger partial charge in [0.1, 0.15) is 6.33 Å². The smallest absolute Gasteiger partial charge is 0.190 e. The van der Waals surface area contributed by atoms with Gasteiger partial charge in [-0.15, -0.1) is 10.2 Å². The predicted molar refractivity (Wildman–Crippen MR) is 69.6 cm³/mol. The molecular formula is C11H12BrN3S. The molecule has 0 unspecified atom stereocenters. The first-order valence-corrected chi connectivity index (χ1v) is 6.75. The molecule has 1 heterocycles. The van der Waals surface area contributed by atoms with Crippen molar-refractivity contribution in [1.29, 1.82) is 0 Å². The Kier molecular flexibility index (Phi) is 4.01. The zero-order chi connectivity index (χ0) is 11.4. The van der Waals surface area contributed by atoms with Gasteiger partial charge in [0.05, 0.1) is 0 Å². The van der Waals surface area contributed by atoms with Crippen LogP contribution in [-0.2, 0) is 13.5 Å². The second kappa shape index (κ2) is 5.50. The molecular weight excluding hydrogens is 286 g/mol. The van der Waals surface area contributed by atoms with E-state index in [1.54, 1.807) is 18.1 Å². The van der Waals surface area contributed by atoms with Gasteiger partial charge in [0.25, 0.3) is 0 Å². The van der Waals surface area contributed by atoms with Crippen LogP contribution < -0.4 is 0 Å². The van der Waals surface area contributed by atoms with E-state index in [9.17, 15) is 0 Å². The van der Waals surface area contributed by atoms with Gasteiger partial charge < -0.3 is 4.57 Å². The lowest BCUT2D eigenvalue weighted by Crippen LogP contribution is -1.93. The highest BCUT2D eigenvalue weighted by Gasteiger charge is 2.01. The Balaban J connectivity index is 1.87. The number of nitrogens with zero attached hydrogens (tertiary/aromatic N) is 3. The molecule has 5 heteroatoms. The Morgan fingerprint density at radius 2 is 2.31 bits per heavy atom. The maximum Gasteiger partial charge on any atom is 0.190 e. The third-order valence-electron chi connectivity index (χ3n) is 2.18. The van der Waals surface area contributed by atoms with Crippen LogP contribution in [0.25, 0.3) is 0 Å². The van der Waals surface area contributed by atoms with Crippen molar-refractivity contribution in [3.8, 4) is 0 Å². The minimum absolute atomic E-state index is 0.968. The van der Waals surface area contributed by atoms with Crippen molar-refractivity contribution in [1.82, 2.24) is 14.8 Å². The maximum absolute atomic E-state index is 4.03. The predicted octanol–water partition coefficient (Wildman–Crippen LogP) is 2.91. The molecule has 0 aliphatic heterocycles. The average molecular weight is 298 g/mol. The van der Waals surface area contributed by atoms with Crippen LogP contribution in [0.1, 0.15) is 5.56 Å². The third kappa shape index (κ3) is 3.09. The van der Waals surface area contributed by atoms with E-state index in [-0.39, 0.29) is 0 Å².